The molecule has 1 N–H and O–H groups in total. The third-order valence-electron chi connectivity index (χ3n) is 2.64. The molecule has 0 saturated carbocycles. The maximum absolute atomic E-state index is 9.77. The van der Waals surface area contributed by atoms with Crippen LogP contribution in [0, 0.1) is 0 Å². The zero-order valence-corrected chi connectivity index (χ0v) is 12.5. The Balaban J connectivity index is 1.86. The van der Waals surface area contributed by atoms with Crippen molar-refractivity contribution in [1.29, 1.82) is 0 Å². The van der Waals surface area contributed by atoms with Crippen LogP contribution >= 0.6 is 27.3 Å². The molecule has 0 unspecified atom stereocenters. The Hall–Kier alpha value is -0.240. The van der Waals surface area contributed by atoms with Gasteiger partial charge in [0.05, 0.1) is 5.60 Å². The zero-order valence-electron chi connectivity index (χ0n) is 10.1. The lowest BCUT2D eigenvalue weighted by molar-refractivity contribution is 0.0345. The van der Waals surface area contributed by atoms with Crippen molar-refractivity contribution in [2.45, 2.75) is 19.4 Å². The monoisotopic (exact) mass is 320 g/mol. The molecule has 0 spiro atoms. The predicted octanol–water partition coefficient (Wildman–Crippen LogP) is 1.19. The lowest BCUT2D eigenvalue weighted by Gasteiger charge is -2.36. The van der Waals surface area contributed by atoms with Crippen molar-refractivity contribution < 1.29 is 5.11 Å². The van der Waals surface area contributed by atoms with E-state index in [-0.39, 0.29) is 0 Å². The molecule has 0 bridgehead atoms. The van der Waals surface area contributed by atoms with E-state index in [0.717, 1.165) is 41.8 Å². The lowest BCUT2D eigenvalue weighted by Crippen LogP contribution is -2.50. The molecule has 96 valence electrons. The van der Waals surface area contributed by atoms with Crippen LogP contribution in [0.15, 0.2) is 3.92 Å². The SMILES string of the molecule is CC(C)(O)CN1CCN(c2nnc(Br)s2)CC1. The molecule has 0 atom stereocenters. The maximum Gasteiger partial charge on any atom is 0.209 e. The van der Waals surface area contributed by atoms with Crippen LogP contribution in [-0.4, -0.2) is 58.5 Å². The van der Waals surface area contributed by atoms with E-state index in [1.807, 2.05) is 13.8 Å². The van der Waals surface area contributed by atoms with E-state index in [9.17, 15) is 5.11 Å². The van der Waals surface area contributed by atoms with Crippen LogP contribution in [-0.2, 0) is 0 Å². The summed E-state index contributed by atoms with van der Waals surface area (Å²) in [5.74, 6) is 0. The van der Waals surface area contributed by atoms with Crippen molar-refractivity contribution in [3.05, 3.63) is 3.92 Å². The highest BCUT2D eigenvalue weighted by atomic mass is 79.9. The van der Waals surface area contributed by atoms with Gasteiger partial charge in [-0.3, -0.25) is 4.90 Å². The zero-order chi connectivity index (χ0) is 12.5. The molecule has 2 rings (SSSR count). The molecule has 1 aliphatic rings. The van der Waals surface area contributed by atoms with E-state index < -0.39 is 5.60 Å². The molecule has 5 nitrogen and oxygen atoms in total. The Morgan fingerprint density at radius 3 is 2.41 bits per heavy atom. The van der Waals surface area contributed by atoms with Crippen LogP contribution in [0.4, 0.5) is 5.13 Å². The first-order chi connectivity index (χ1) is 7.94. The number of halogens is 1. The summed E-state index contributed by atoms with van der Waals surface area (Å²) < 4.78 is 0.825. The number of nitrogens with zero attached hydrogens (tertiary/aromatic N) is 4. The van der Waals surface area contributed by atoms with Gasteiger partial charge in [-0.05, 0) is 29.8 Å². The van der Waals surface area contributed by atoms with Gasteiger partial charge >= 0.3 is 0 Å². The van der Waals surface area contributed by atoms with Crippen molar-refractivity contribution in [3.63, 3.8) is 0 Å². The van der Waals surface area contributed by atoms with Crippen LogP contribution in [0.25, 0.3) is 0 Å². The standard InChI is InChI=1S/C10H17BrN4OS/c1-10(2,16)7-14-3-5-15(6-4-14)9-13-12-8(11)17-9/h16H,3-7H2,1-2H3. The minimum atomic E-state index is -0.617. The second kappa shape index (κ2) is 5.17. The Bertz CT molecular complexity index is 371. The van der Waals surface area contributed by atoms with Crippen LogP contribution in [0.3, 0.4) is 0 Å². The summed E-state index contributed by atoms with van der Waals surface area (Å²) in [6.07, 6.45) is 0. The van der Waals surface area contributed by atoms with Gasteiger partial charge < -0.3 is 10.0 Å². The van der Waals surface area contributed by atoms with E-state index in [1.165, 1.54) is 0 Å². The molecule has 1 saturated heterocycles. The maximum atomic E-state index is 9.77. The van der Waals surface area contributed by atoms with E-state index in [1.54, 1.807) is 11.3 Å². The summed E-state index contributed by atoms with van der Waals surface area (Å²) in [6, 6.07) is 0. The number of rotatable bonds is 3. The molecule has 0 aliphatic carbocycles. The average molecular weight is 321 g/mol. The third kappa shape index (κ3) is 3.87. The van der Waals surface area contributed by atoms with E-state index in [2.05, 4.69) is 35.9 Å². The van der Waals surface area contributed by atoms with Gasteiger partial charge in [-0.1, -0.05) is 11.3 Å². The van der Waals surface area contributed by atoms with E-state index >= 15 is 0 Å². The fourth-order valence-electron chi connectivity index (χ4n) is 1.97. The molecule has 0 amide bonds. The highest BCUT2D eigenvalue weighted by molar-refractivity contribution is 9.11. The molecular weight excluding hydrogens is 304 g/mol. The first-order valence-electron chi connectivity index (χ1n) is 5.63. The van der Waals surface area contributed by atoms with Gasteiger partial charge in [0.25, 0.3) is 0 Å². The highest BCUT2D eigenvalue weighted by Gasteiger charge is 2.24. The molecule has 2 heterocycles. The minimum Gasteiger partial charge on any atom is -0.389 e. The molecule has 0 radical (unpaired) electrons. The van der Waals surface area contributed by atoms with Crippen LogP contribution in [0.2, 0.25) is 0 Å². The van der Waals surface area contributed by atoms with Gasteiger partial charge in [-0.25, -0.2) is 0 Å². The first kappa shape index (κ1) is 13.2. The molecule has 0 aromatic carbocycles. The summed E-state index contributed by atoms with van der Waals surface area (Å²) in [6.45, 7) is 8.22. The number of aromatic nitrogens is 2. The van der Waals surface area contributed by atoms with E-state index in [0.29, 0.717) is 0 Å². The second-order valence-corrected chi connectivity index (χ2v) is 7.15. The molecule has 17 heavy (non-hydrogen) atoms. The van der Waals surface area contributed by atoms with Crippen molar-refractivity contribution in [2.24, 2.45) is 0 Å². The quantitative estimate of drug-likeness (QED) is 0.906. The second-order valence-electron chi connectivity index (χ2n) is 4.91. The highest BCUT2D eigenvalue weighted by Crippen LogP contribution is 2.25. The third-order valence-corrected chi connectivity index (χ3v) is 4.06. The minimum absolute atomic E-state index is 0.617. The molecular formula is C10H17BrN4OS. The van der Waals surface area contributed by atoms with Gasteiger partial charge in [0.15, 0.2) is 3.92 Å². The summed E-state index contributed by atoms with van der Waals surface area (Å²) in [7, 11) is 0. The Kier molecular flexibility index (Phi) is 4.02. The number of aliphatic hydroxyl groups is 1. The van der Waals surface area contributed by atoms with Gasteiger partial charge in [0, 0.05) is 32.7 Å². The van der Waals surface area contributed by atoms with Gasteiger partial charge in [0.2, 0.25) is 5.13 Å². The van der Waals surface area contributed by atoms with Crippen LogP contribution in [0.5, 0.6) is 0 Å². The summed E-state index contributed by atoms with van der Waals surface area (Å²) >= 11 is 4.89. The molecule has 1 fully saturated rings. The van der Waals surface area contributed by atoms with Crippen LogP contribution < -0.4 is 4.90 Å². The normalized spacial score (nSPS) is 18.7. The van der Waals surface area contributed by atoms with Crippen LogP contribution in [0.1, 0.15) is 13.8 Å². The Labute approximate surface area is 114 Å². The molecule has 1 aliphatic heterocycles. The first-order valence-corrected chi connectivity index (χ1v) is 7.24. The molecule has 7 heteroatoms. The van der Waals surface area contributed by atoms with Crippen molar-refractivity contribution >= 4 is 32.4 Å². The molecule has 1 aromatic heterocycles. The van der Waals surface area contributed by atoms with Gasteiger partial charge in [-0.15, -0.1) is 10.2 Å². The van der Waals surface area contributed by atoms with Crippen molar-refractivity contribution in [1.82, 2.24) is 15.1 Å². The summed E-state index contributed by atoms with van der Waals surface area (Å²) in [4.78, 5) is 4.52. The lowest BCUT2D eigenvalue weighted by atomic mass is 10.1. The summed E-state index contributed by atoms with van der Waals surface area (Å²) in [5, 5.41) is 18.8. The van der Waals surface area contributed by atoms with Crippen molar-refractivity contribution in [2.75, 3.05) is 37.6 Å². The number of anilines is 1. The summed E-state index contributed by atoms with van der Waals surface area (Å²) in [5.41, 5.74) is -0.617. The predicted molar refractivity (Wildman–Crippen MR) is 72.6 cm³/mol. The largest absolute Gasteiger partial charge is 0.389 e. The topological polar surface area (TPSA) is 52.5 Å². The van der Waals surface area contributed by atoms with Gasteiger partial charge in [-0.2, -0.15) is 0 Å². The average Bonchev–Trinajstić information content (AvgIpc) is 2.63. The number of piperazine rings is 1. The number of hydrogen-bond acceptors (Lipinski definition) is 6. The number of β-amino-alcohol motifs (C(OH)–C–C–N with tert-alkyl or cyclic N) is 1. The fourth-order valence-corrected chi connectivity index (χ4v) is 3.11. The Morgan fingerprint density at radius 1 is 1.29 bits per heavy atom. The van der Waals surface area contributed by atoms with E-state index in [4.69, 9.17) is 0 Å². The fraction of sp³-hybridized carbons (Fsp3) is 0.800. The smallest absolute Gasteiger partial charge is 0.209 e. The van der Waals surface area contributed by atoms with Crippen molar-refractivity contribution in [3.8, 4) is 0 Å². The Morgan fingerprint density at radius 2 is 1.94 bits per heavy atom. The molecule has 1 aromatic rings. The van der Waals surface area contributed by atoms with Gasteiger partial charge in [0.1, 0.15) is 0 Å². The number of hydrogen-bond donors (Lipinski definition) is 1.